The van der Waals surface area contributed by atoms with Crippen LogP contribution in [0.1, 0.15) is 21.5 Å². The number of aryl methyl sites for hydroxylation is 1. The molecule has 0 unspecified atom stereocenters. The summed E-state index contributed by atoms with van der Waals surface area (Å²) in [5.74, 6) is 0.118. The van der Waals surface area contributed by atoms with Crippen molar-refractivity contribution in [3.8, 4) is 0 Å². The molecule has 0 atom stereocenters. The van der Waals surface area contributed by atoms with Crippen molar-refractivity contribution >= 4 is 5.78 Å². The molecule has 0 aliphatic heterocycles. The van der Waals surface area contributed by atoms with Gasteiger partial charge in [0.2, 0.25) is 0 Å². The fourth-order valence-corrected chi connectivity index (χ4v) is 1.74. The van der Waals surface area contributed by atoms with Gasteiger partial charge in [0.25, 0.3) is 0 Å². The van der Waals surface area contributed by atoms with Gasteiger partial charge in [-0.15, -0.1) is 0 Å². The van der Waals surface area contributed by atoms with Crippen LogP contribution < -0.4 is 5.32 Å². The van der Waals surface area contributed by atoms with Gasteiger partial charge in [0, 0.05) is 24.5 Å². The van der Waals surface area contributed by atoms with Crippen LogP contribution in [0.15, 0.2) is 48.8 Å². The van der Waals surface area contributed by atoms with Crippen LogP contribution in [0.2, 0.25) is 0 Å². The fourth-order valence-electron chi connectivity index (χ4n) is 1.74. The number of rotatable bonds is 5. The normalized spacial score (nSPS) is 10.3. The van der Waals surface area contributed by atoms with Crippen LogP contribution in [0.4, 0.5) is 0 Å². The van der Waals surface area contributed by atoms with E-state index in [1.807, 2.05) is 43.3 Å². The summed E-state index contributed by atoms with van der Waals surface area (Å²) in [6.45, 7) is 3.02. The molecule has 0 bridgehead atoms. The number of pyridine rings is 1. The molecule has 0 spiro atoms. The molecule has 2 rings (SSSR count). The second-order valence-corrected chi connectivity index (χ2v) is 4.25. The number of carbonyl (C=O) groups excluding carboxylic acids is 1. The van der Waals surface area contributed by atoms with E-state index in [4.69, 9.17) is 0 Å². The van der Waals surface area contributed by atoms with Crippen molar-refractivity contribution in [2.24, 2.45) is 0 Å². The molecule has 0 saturated heterocycles. The van der Waals surface area contributed by atoms with E-state index < -0.39 is 0 Å². The lowest BCUT2D eigenvalue weighted by Crippen LogP contribution is -2.22. The number of hydrogen-bond donors (Lipinski definition) is 1. The molecule has 0 amide bonds. The van der Waals surface area contributed by atoms with E-state index >= 15 is 0 Å². The second-order valence-electron chi connectivity index (χ2n) is 4.25. The first-order valence-electron chi connectivity index (χ1n) is 5.95. The Kier molecular flexibility index (Phi) is 4.20. The zero-order chi connectivity index (χ0) is 12.8. The summed E-state index contributed by atoms with van der Waals surface area (Å²) >= 11 is 0. The maximum Gasteiger partial charge on any atom is 0.176 e. The van der Waals surface area contributed by atoms with E-state index in [9.17, 15) is 4.79 Å². The van der Waals surface area contributed by atoms with Crippen molar-refractivity contribution in [3.63, 3.8) is 0 Å². The van der Waals surface area contributed by atoms with Crippen molar-refractivity contribution in [2.45, 2.75) is 13.5 Å². The Morgan fingerprint density at radius 1 is 1.22 bits per heavy atom. The van der Waals surface area contributed by atoms with Crippen LogP contribution >= 0.6 is 0 Å². The summed E-state index contributed by atoms with van der Waals surface area (Å²) in [7, 11) is 0. The zero-order valence-electron chi connectivity index (χ0n) is 10.4. The first kappa shape index (κ1) is 12.5. The highest BCUT2D eigenvalue weighted by Crippen LogP contribution is 2.04. The maximum absolute atomic E-state index is 11.9. The van der Waals surface area contributed by atoms with Crippen LogP contribution in [0.25, 0.3) is 0 Å². The Labute approximate surface area is 107 Å². The van der Waals surface area contributed by atoms with Crippen LogP contribution in [-0.2, 0) is 6.54 Å². The van der Waals surface area contributed by atoms with Gasteiger partial charge in [-0.3, -0.25) is 9.78 Å². The number of hydrogen-bond acceptors (Lipinski definition) is 3. The number of carbonyl (C=O) groups is 1. The Morgan fingerprint density at radius 3 is 2.72 bits per heavy atom. The van der Waals surface area contributed by atoms with Gasteiger partial charge in [-0.1, -0.05) is 23.8 Å². The van der Waals surface area contributed by atoms with Crippen LogP contribution in [0, 0.1) is 6.92 Å². The lowest BCUT2D eigenvalue weighted by molar-refractivity contribution is 0.0990. The number of Topliss-reactive ketones (excluding diaryl/α,β-unsaturated/α-hetero) is 1. The van der Waals surface area contributed by atoms with E-state index in [0.29, 0.717) is 13.1 Å². The minimum absolute atomic E-state index is 0.118. The smallest absolute Gasteiger partial charge is 0.176 e. The summed E-state index contributed by atoms with van der Waals surface area (Å²) < 4.78 is 0. The van der Waals surface area contributed by atoms with Gasteiger partial charge in [-0.25, -0.2) is 0 Å². The van der Waals surface area contributed by atoms with E-state index in [1.54, 1.807) is 12.4 Å². The highest BCUT2D eigenvalue weighted by Gasteiger charge is 2.04. The molecule has 1 aromatic heterocycles. The fraction of sp³-hybridized carbons (Fsp3) is 0.200. The van der Waals surface area contributed by atoms with Crippen molar-refractivity contribution in [1.82, 2.24) is 10.3 Å². The van der Waals surface area contributed by atoms with Gasteiger partial charge in [0.05, 0.1) is 6.54 Å². The molecule has 0 aliphatic rings. The molecule has 1 N–H and O–H groups in total. The minimum Gasteiger partial charge on any atom is -0.306 e. The highest BCUT2D eigenvalue weighted by atomic mass is 16.1. The molecular formula is C15H16N2O. The third kappa shape index (κ3) is 3.50. The molecule has 1 aromatic carbocycles. The SMILES string of the molecule is Cc1cccc(C(=O)CNCc2ccncc2)c1. The summed E-state index contributed by atoms with van der Waals surface area (Å²) in [6.07, 6.45) is 3.50. The molecule has 0 saturated carbocycles. The van der Waals surface area contributed by atoms with Crippen LogP contribution in [0.3, 0.4) is 0 Å². The maximum atomic E-state index is 11.9. The number of aromatic nitrogens is 1. The summed E-state index contributed by atoms with van der Waals surface area (Å²) in [4.78, 5) is 15.9. The highest BCUT2D eigenvalue weighted by molar-refractivity contribution is 5.97. The average Bonchev–Trinajstić information content (AvgIpc) is 2.40. The summed E-state index contributed by atoms with van der Waals surface area (Å²) in [6, 6.07) is 11.5. The van der Waals surface area contributed by atoms with Crippen molar-refractivity contribution < 1.29 is 4.79 Å². The third-order valence-corrected chi connectivity index (χ3v) is 2.70. The molecular weight excluding hydrogens is 224 g/mol. The number of ketones is 1. The van der Waals surface area contributed by atoms with Crippen molar-refractivity contribution in [3.05, 3.63) is 65.5 Å². The molecule has 0 aliphatic carbocycles. The monoisotopic (exact) mass is 240 g/mol. The van der Waals surface area contributed by atoms with Gasteiger partial charge < -0.3 is 5.32 Å². The second kappa shape index (κ2) is 6.07. The largest absolute Gasteiger partial charge is 0.306 e. The third-order valence-electron chi connectivity index (χ3n) is 2.70. The van der Waals surface area contributed by atoms with Gasteiger partial charge >= 0.3 is 0 Å². The number of nitrogens with zero attached hydrogens (tertiary/aromatic N) is 1. The first-order valence-corrected chi connectivity index (χ1v) is 5.95. The lowest BCUT2D eigenvalue weighted by atomic mass is 10.1. The number of benzene rings is 1. The van der Waals surface area contributed by atoms with Crippen LogP contribution in [0.5, 0.6) is 0 Å². The Morgan fingerprint density at radius 2 is 2.00 bits per heavy atom. The Balaban J connectivity index is 1.86. The van der Waals surface area contributed by atoms with Gasteiger partial charge in [-0.05, 0) is 30.7 Å². The van der Waals surface area contributed by atoms with Gasteiger partial charge in [-0.2, -0.15) is 0 Å². The molecule has 3 heteroatoms. The lowest BCUT2D eigenvalue weighted by Gasteiger charge is -2.05. The minimum atomic E-state index is 0.118. The Bertz CT molecular complexity index is 523. The van der Waals surface area contributed by atoms with E-state index in [1.165, 1.54) is 0 Å². The first-order chi connectivity index (χ1) is 8.75. The molecule has 0 radical (unpaired) electrons. The van der Waals surface area contributed by atoms with Crippen molar-refractivity contribution in [1.29, 1.82) is 0 Å². The molecule has 1 heterocycles. The van der Waals surface area contributed by atoms with Crippen LogP contribution in [-0.4, -0.2) is 17.3 Å². The van der Waals surface area contributed by atoms with Gasteiger partial charge in [0.1, 0.15) is 0 Å². The molecule has 0 fully saturated rings. The van der Waals surface area contributed by atoms with E-state index in [0.717, 1.165) is 16.7 Å². The van der Waals surface area contributed by atoms with E-state index in [2.05, 4.69) is 10.3 Å². The quantitative estimate of drug-likeness (QED) is 0.816. The van der Waals surface area contributed by atoms with E-state index in [-0.39, 0.29) is 5.78 Å². The molecule has 18 heavy (non-hydrogen) atoms. The predicted octanol–water partition coefficient (Wildman–Crippen LogP) is 2.36. The average molecular weight is 240 g/mol. The van der Waals surface area contributed by atoms with Gasteiger partial charge in [0.15, 0.2) is 5.78 Å². The number of nitrogens with one attached hydrogen (secondary N) is 1. The molecule has 2 aromatic rings. The topological polar surface area (TPSA) is 42.0 Å². The summed E-state index contributed by atoms with van der Waals surface area (Å²) in [5.41, 5.74) is 2.99. The standard InChI is InChI=1S/C15H16N2O/c1-12-3-2-4-14(9-12)15(18)11-17-10-13-5-7-16-8-6-13/h2-9,17H,10-11H2,1H3. The zero-order valence-corrected chi connectivity index (χ0v) is 10.4. The molecule has 3 nitrogen and oxygen atoms in total. The van der Waals surface area contributed by atoms with Crippen molar-refractivity contribution in [2.75, 3.05) is 6.54 Å². The molecule has 92 valence electrons. The summed E-state index contributed by atoms with van der Waals surface area (Å²) in [5, 5.41) is 3.14. The predicted molar refractivity (Wildman–Crippen MR) is 71.5 cm³/mol. The Hall–Kier alpha value is -2.00.